The highest BCUT2D eigenvalue weighted by Crippen LogP contribution is 2.32. The van der Waals surface area contributed by atoms with Gasteiger partial charge < -0.3 is 5.32 Å². The molecule has 0 radical (unpaired) electrons. The number of rotatable bonds is 0. The number of ketones is 1. The molecule has 3 rings (SSSR count). The number of carbonyl (C=O) groups excluding carboxylic acids is 1. The van der Waals surface area contributed by atoms with Crippen LogP contribution < -0.4 is 5.32 Å². The van der Waals surface area contributed by atoms with Gasteiger partial charge in [-0.3, -0.25) is 4.79 Å². The number of fused-ring (bicyclic) bond motifs is 2. The van der Waals surface area contributed by atoms with E-state index in [1.165, 1.54) is 0 Å². The van der Waals surface area contributed by atoms with Crippen LogP contribution in [-0.4, -0.2) is 11.8 Å². The van der Waals surface area contributed by atoms with Gasteiger partial charge in [0, 0.05) is 17.7 Å². The molecule has 0 saturated heterocycles. The number of benzene rings is 1. The van der Waals surface area contributed by atoms with Crippen LogP contribution in [-0.2, 0) is 4.79 Å². The van der Waals surface area contributed by atoms with Crippen molar-refractivity contribution in [3.8, 4) is 0 Å². The van der Waals surface area contributed by atoms with E-state index in [9.17, 15) is 4.79 Å². The lowest BCUT2D eigenvalue weighted by atomic mass is 9.85. The molecular weight excluding hydrogens is 186 g/mol. The van der Waals surface area contributed by atoms with Crippen molar-refractivity contribution >= 4 is 17.5 Å². The van der Waals surface area contributed by atoms with Gasteiger partial charge in [-0.2, -0.15) is 0 Å². The van der Waals surface area contributed by atoms with E-state index in [-0.39, 0.29) is 6.04 Å². The van der Waals surface area contributed by atoms with Gasteiger partial charge in [-0.25, -0.2) is 0 Å². The Balaban J connectivity index is 2.08. The summed E-state index contributed by atoms with van der Waals surface area (Å²) < 4.78 is 0. The molecule has 15 heavy (non-hydrogen) atoms. The van der Waals surface area contributed by atoms with Gasteiger partial charge in [0.05, 0.1) is 6.04 Å². The van der Waals surface area contributed by atoms with E-state index in [0.717, 1.165) is 29.7 Å². The smallest absolute Gasteiger partial charge is 0.160 e. The molecule has 0 aromatic heterocycles. The number of hydrogen-bond donors (Lipinski definition) is 1. The molecule has 0 spiro atoms. The van der Waals surface area contributed by atoms with E-state index >= 15 is 0 Å². The van der Waals surface area contributed by atoms with E-state index in [4.69, 9.17) is 0 Å². The van der Waals surface area contributed by atoms with E-state index < -0.39 is 0 Å². The van der Waals surface area contributed by atoms with Crippen LogP contribution in [0.4, 0.5) is 5.69 Å². The molecule has 2 nitrogen and oxygen atoms in total. The summed E-state index contributed by atoms with van der Waals surface area (Å²) in [4.78, 5) is 11.7. The molecule has 1 aliphatic carbocycles. The van der Waals surface area contributed by atoms with Crippen molar-refractivity contribution in [3.63, 3.8) is 0 Å². The van der Waals surface area contributed by atoms with Gasteiger partial charge in [0.1, 0.15) is 0 Å². The quantitative estimate of drug-likeness (QED) is 0.696. The average molecular weight is 199 g/mol. The van der Waals surface area contributed by atoms with E-state index in [0.29, 0.717) is 12.2 Å². The minimum Gasteiger partial charge on any atom is -0.378 e. The highest BCUT2D eigenvalue weighted by Gasteiger charge is 2.28. The fourth-order valence-corrected chi connectivity index (χ4v) is 2.40. The molecule has 1 N–H and O–H groups in total. The normalized spacial score (nSPS) is 23.6. The van der Waals surface area contributed by atoms with Gasteiger partial charge in [0.25, 0.3) is 0 Å². The average Bonchev–Trinajstić information content (AvgIpc) is 2.27. The Bertz CT molecular complexity index is 448. The zero-order chi connectivity index (χ0) is 10.3. The zero-order valence-corrected chi connectivity index (χ0v) is 8.49. The lowest BCUT2D eigenvalue weighted by Gasteiger charge is -2.30. The summed E-state index contributed by atoms with van der Waals surface area (Å²) in [6.07, 6.45) is 4.85. The lowest BCUT2D eigenvalue weighted by Crippen LogP contribution is -2.32. The largest absolute Gasteiger partial charge is 0.378 e. The molecule has 1 aliphatic heterocycles. The third kappa shape index (κ3) is 1.37. The SMILES string of the molecule is O=C1CCCC2Nc3ccccc3C=C12. The maximum absolute atomic E-state index is 11.7. The molecule has 0 amide bonds. The van der Waals surface area contributed by atoms with Crippen LogP contribution in [0.5, 0.6) is 0 Å². The number of Topliss-reactive ketones (excluding diaryl/α,β-unsaturated/α-hetero) is 1. The van der Waals surface area contributed by atoms with Crippen LogP contribution in [0, 0.1) is 0 Å². The lowest BCUT2D eigenvalue weighted by molar-refractivity contribution is -0.116. The summed E-state index contributed by atoms with van der Waals surface area (Å²) in [7, 11) is 0. The van der Waals surface area contributed by atoms with Crippen LogP contribution in [0.3, 0.4) is 0 Å². The molecule has 1 aromatic carbocycles. The molecule has 76 valence electrons. The summed E-state index contributed by atoms with van der Waals surface area (Å²) >= 11 is 0. The second kappa shape index (κ2) is 3.23. The van der Waals surface area contributed by atoms with Gasteiger partial charge >= 0.3 is 0 Å². The Morgan fingerprint density at radius 2 is 2.13 bits per heavy atom. The van der Waals surface area contributed by atoms with Crippen molar-refractivity contribution in [2.75, 3.05) is 5.32 Å². The predicted molar refractivity (Wildman–Crippen MR) is 60.7 cm³/mol. The summed E-state index contributed by atoms with van der Waals surface area (Å²) in [6.45, 7) is 0. The molecule has 0 bridgehead atoms. The first-order valence-corrected chi connectivity index (χ1v) is 5.45. The van der Waals surface area contributed by atoms with Gasteiger partial charge in [-0.05, 0) is 30.5 Å². The molecule has 1 fully saturated rings. The minimum absolute atomic E-state index is 0.251. The first-order chi connectivity index (χ1) is 7.34. The monoisotopic (exact) mass is 199 g/mol. The summed E-state index contributed by atoms with van der Waals surface area (Å²) in [5, 5.41) is 3.44. The predicted octanol–water partition coefficient (Wildman–Crippen LogP) is 2.62. The highest BCUT2D eigenvalue weighted by atomic mass is 16.1. The van der Waals surface area contributed by atoms with Crippen LogP contribution in [0.2, 0.25) is 0 Å². The van der Waals surface area contributed by atoms with Crippen molar-refractivity contribution in [2.24, 2.45) is 0 Å². The van der Waals surface area contributed by atoms with Crippen LogP contribution in [0.1, 0.15) is 24.8 Å². The number of hydrogen-bond acceptors (Lipinski definition) is 2. The molecule has 2 heteroatoms. The third-order valence-electron chi connectivity index (χ3n) is 3.20. The Labute approximate surface area is 89.0 Å². The van der Waals surface area contributed by atoms with Gasteiger partial charge in [0.2, 0.25) is 0 Å². The Kier molecular flexibility index (Phi) is 1.88. The molecule has 1 unspecified atom stereocenters. The zero-order valence-electron chi connectivity index (χ0n) is 8.49. The van der Waals surface area contributed by atoms with Crippen molar-refractivity contribution < 1.29 is 4.79 Å². The van der Waals surface area contributed by atoms with E-state index in [2.05, 4.69) is 17.5 Å². The second-order valence-corrected chi connectivity index (χ2v) is 4.20. The fraction of sp³-hybridized carbons (Fsp3) is 0.308. The van der Waals surface area contributed by atoms with Crippen molar-refractivity contribution in [2.45, 2.75) is 25.3 Å². The van der Waals surface area contributed by atoms with Gasteiger partial charge in [-0.1, -0.05) is 18.2 Å². The second-order valence-electron chi connectivity index (χ2n) is 4.20. The van der Waals surface area contributed by atoms with E-state index in [1.807, 2.05) is 18.2 Å². The van der Waals surface area contributed by atoms with Crippen molar-refractivity contribution in [1.29, 1.82) is 0 Å². The number of carbonyl (C=O) groups is 1. The summed E-state index contributed by atoms with van der Waals surface area (Å²) in [5.74, 6) is 0.313. The third-order valence-corrected chi connectivity index (χ3v) is 3.20. The van der Waals surface area contributed by atoms with Crippen molar-refractivity contribution in [3.05, 3.63) is 35.4 Å². The first-order valence-electron chi connectivity index (χ1n) is 5.45. The van der Waals surface area contributed by atoms with Gasteiger partial charge in [0.15, 0.2) is 5.78 Å². The van der Waals surface area contributed by atoms with Crippen LogP contribution in [0.25, 0.3) is 6.08 Å². The van der Waals surface area contributed by atoms with E-state index in [1.54, 1.807) is 0 Å². The molecule has 1 atom stereocenters. The van der Waals surface area contributed by atoms with Crippen LogP contribution >= 0.6 is 0 Å². The number of para-hydroxylation sites is 1. The molecular formula is C13H13NO. The molecule has 1 heterocycles. The Morgan fingerprint density at radius 1 is 1.27 bits per heavy atom. The number of nitrogens with one attached hydrogen (secondary N) is 1. The molecule has 2 aliphatic rings. The molecule has 1 aromatic rings. The maximum Gasteiger partial charge on any atom is 0.160 e. The minimum atomic E-state index is 0.251. The number of anilines is 1. The molecule has 1 saturated carbocycles. The van der Waals surface area contributed by atoms with Crippen LogP contribution in [0.15, 0.2) is 29.8 Å². The van der Waals surface area contributed by atoms with Crippen molar-refractivity contribution in [1.82, 2.24) is 0 Å². The van der Waals surface area contributed by atoms with Gasteiger partial charge in [-0.15, -0.1) is 0 Å². The topological polar surface area (TPSA) is 29.1 Å². The maximum atomic E-state index is 11.7. The Morgan fingerprint density at radius 3 is 3.07 bits per heavy atom. The standard InChI is InChI=1S/C13H13NO/c15-13-7-3-6-12-10(13)8-9-4-1-2-5-11(9)14-12/h1-2,4-5,8,12,14H,3,6-7H2. The Hall–Kier alpha value is -1.57. The summed E-state index contributed by atoms with van der Waals surface area (Å²) in [5.41, 5.74) is 3.26. The summed E-state index contributed by atoms with van der Waals surface area (Å²) in [6, 6.07) is 8.40. The first kappa shape index (κ1) is 8.72. The fourth-order valence-electron chi connectivity index (χ4n) is 2.40. The highest BCUT2D eigenvalue weighted by molar-refractivity contribution is 6.03.